The van der Waals surface area contributed by atoms with Gasteiger partial charge in [-0.2, -0.15) is 5.10 Å². The molecular formula is C27H28N6O3S. The molecule has 0 fully saturated rings. The summed E-state index contributed by atoms with van der Waals surface area (Å²) in [6.07, 6.45) is 3.84. The Balaban J connectivity index is 1.16. The summed E-state index contributed by atoms with van der Waals surface area (Å²) in [5, 5.41) is 23.6. The zero-order chi connectivity index (χ0) is 25.9. The molecule has 0 atom stereocenters. The first-order valence-corrected chi connectivity index (χ1v) is 12.8. The van der Waals surface area contributed by atoms with E-state index in [1.807, 2.05) is 60.7 Å². The van der Waals surface area contributed by atoms with Gasteiger partial charge in [-0.1, -0.05) is 59.9 Å². The fourth-order valence-electron chi connectivity index (χ4n) is 3.70. The van der Waals surface area contributed by atoms with Crippen LogP contribution in [0.1, 0.15) is 34.7 Å². The Morgan fingerprint density at radius 3 is 2.32 bits per heavy atom. The number of hydrogen-bond acceptors (Lipinski definition) is 8. The largest absolute Gasteiger partial charge is 0.496 e. The Morgan fingerprint density at radius 2 is 1.54 bits per heavy atom. The van der Waals surface area contributed by atoms with Crippen LogP contribution in [0.4, 0.5) is 10.9 Å². The van der Waals surface area contributed by atoms with Crippen LogP contribution in [0.2, 0.25) is 0 Å². The number of nitrogens with zero attached hydrogens (tertiary/aromatic N) is 4. The second kappa shape index (κ2) is 13.2. The summed E-state index contributed by atoms with van der Waals surface area (Å²) in [7, 11) is 1.59. The molecule has 2 N–H and O–H groups in total. The van der Waals surface area contributed by atoms with Crippen LogP contribution in [-0.2, 0) is 35.3 Å². The fraction of sp³-hybridized carbons (Fsp3) is 0.259. The van der Waals surface area contributed by atoms with Crippen molar-refractivity contribution >= 4 is 34.1 Å². The smallest absolute Gasteiger partial charge is 0.230 e. The average Bonchev–Trinajstić information content (AvgIpc) is 3.35. The highest BCUT2D eigenvalue weighted by Crippen LogP contribution is 2.21. The zero-order valence-electron chi connectivity index (χ0n) is 20.5. The van der Waals surface area contributed by atoms with Crippen LogP contribution in [0.3, 0.4) is 0 Å². The number of hydrogen-bond donors (Lipinski definition) is 2. The van der Waals surface area contributed by atoms with Gasteiger partial charge < -0.3 is 15.4 Å². The summed E-state index contributed by atoms with van der Waals surface area (Å²) in [5.41, 5.74) is 2.63. The molecule has 2 heterocycles. The second-order valence-corrected chi connectivity index (χ2v) is 9.43. The number of anilines is 2. The normalized spacial score (nSPS) is 10.6. The van der Waals surface area contributed by atoms with Crippen LogP contribution < -0.4 is 15.4 Å². The number of benzene rings is 2. The third kappa shape index (κ3) is 8.18. The van der Waals surface area contributed by atoms with Gasteiger partial charge in [-0.15, -0.1) is 15.3 Å². The molecule has 2 aromatic carbocycles. The first-order valence-electron chi connectivity index (χ1n) is 12.0. The van der Waals surface area contributed by atoms with E-state index in [9.17, 15) is 9.59 Å². The Kier molecular flexibility index (Phi) is 9.25. The lowest BCUT2D eigenvalue weighted by Crippen LogP contribution is -2.15. The van der Waals surface area contributed by atoms with E-state index in [4.69, 9.17) is 4.74 Å². The van der Waals surface area contributed by atoms with Gasteiger partial charge in [-0.3, -0.25) is 9.59 Å². The van der Waals surface area contributed by atoms with Crippen molar-refractivity contribution in [2.75, 3.05) is 17.7 Å². The molecule has 0 aliphatic carbocycles. The van der Waals surface area contributed by atoms with Gasteiger partial charge in [0.2, 0.25) is 16.9 Å². The molecule has 0 unspecified atom stereocenters. The Labute approximate surface area is 219 Å². The van der Waals surface area contributed by atoms with Crippen LogP contribution >= 0.6 is 11.3 Å². The van der Waals surface area contributed by atoms with Crippen LogP contribution in [0.25, 0.3) is 0 Å². The number of nitrogens with one attached hydrogen (secondary N) is 2. The summed E-state index contributed by atoms with van der Waals surface area (Å²) < 4.78 is 5.30. The number of rotatable bonds is 12. The number of unbranched alkanes of at least 4 members (excludes halogenated alkanes) is 1. The van der Waals surface area contributed by atoms with Gasteiger partial charge in [-0.25, -0.2) is 0 Å². The molecule has 10 heteroatoms. The number of carbonyl (C=O) groups is 2. The van der Waals surface area contributed by atoms with Crippen molar-refractivity contribution in [3.8, 4) is 5.75 Å². The van der Waals surface area contributed by atoms with Crippen LogP contribution in [0.5, 0.6) is 5.75 Å². The van der Waals surface area contributed by atoms with Crippen LogP contribution in [0, 0.1) is 0 Å². The molecule has 0 saturated carbocycles. The highest BCUT2D eigenvalue weighted by Gasteiger charge is 2.12. The number of para-hydroxylation sites is 1. The molecule has 0 spiro atoms. The summed E-state index contributed by atoms with van der Waals surface area (Å²) in [4.78, 5) is 24.5. The fourth-order valence-corrected chi connectivity index (χ4v) is 4.50. The molecule has 190 valence electrons. The molecule has 0 aliphatic rings. The maximum absolute atomic E-state index is 12.4. The predicted molar refractivity (Wildman–Crippen MR) is 143 cm³/mol. The Bertz CT molecular complexity index is 1310. The maximum Gasteiger partial charge on any atom is 0.230 e. The second-order valence-electron chi connectivity index (χ2n) is 8.37. The number of ether oxygens (including phenoxy) is 1. The molecule has 2 amide bonds. The molecule has 0 bridgehead atoms. The molecule has 0 aliphatic heterocycles. The van der Waals surface area contributed by atoms with Crippen molar-refractivity contribution in [2.24, 2.45) is 0 Å². The van der Waals surface area contributed by atoms with E-state index in [1.165, 1.54) is 11.3 Å². The van der Waals surface area contributed by atoms with E-state index in [1.54, 1.807) is 13.2 Å². The zero-order valence-corrected chi connectivity index (χ0v) is 21.3. The van der Waals surface area contributed by atoms with E-state index in [0.717, 1.165) is 47.5 Å². The van der Waals surface area contributed by atoms with Gasteiger partial charge in [0.15, 0.2) is 5.82 Å². The van der Waals surface area contributed by atoms with Crippen molar-refractivity contribution in [2.45, 2.75) is 38.5 Å². The molecule has 9 nitrogen and oxygen atoms in total. The van der Waals surface area contributed by atoms with Gasteiger partial charge >= 0.3 is 0 Å². The topological polar surface area (TPSA) is 119 Å². The Hall–Kier alpha value is -4.18. The van der Waals surface area contributed by atoms with Crippen LogP contribution in [0.15, 0.2) is 66.7 Å². The van der Waals surface area contributed by atoms with E-state index < -0.39 is 0 Å². The minimum atomic E-state index is -0.162. The highest BCUT2D eigenvalue weighted by molar-refractivity contribution is 7.15. The van der Waals surface area contributed by atoms with E-state index >= 15 is 0 Å². The average molecular weight is 517 g/mol. The van der Waals surface area contributed by atoms with Crippen molar-refractivity contribution in [3.63, 3.8) is 0 Å². The van der Waals surface area contributed by atoms with E-state index in [-0.39, 0.29) is 18.2 Å². The van der Waals surface area contributed by atoms with Crippen molar-refractivity contribution in [1.29, 1.82) is 0 Å². The highest BCUT2D eigenvalue weighted by atomic mass is 32.1. The third-order valence-electron chi connectivity index (χ3n) is 5.53. The first kappa shape index (κ1) is 25.9. The lowest BCUT2D eigenvalue weighted by Gasteiger charge is -2.07. The van der Waals surface area contributed by atoms with Crippen molar-refractivity contribution in [1.82, 2.24) is 20.4 Å². The van der Waals surface area contributed by atoms with Crippen LogP contribution in [-0.4, -0.2) is 39.3 Å². The number of carbonyl (C=O) groups excluding carboxylic acids is 2. The monoisotopic (exact) mass is 516 g/mol. The third-order valence-corrected chi connectivity index (χ3v) is 6.42. The summed E-state index contributed by atoms with van der Waals surface area (Å²) in [6, 6.07) is 20.7. The lowest BCUT2D eigenvalue weighted by molar-refractivity contribution is -0.116. The van der Waals surface area contributed by atoms with Gasteiger partial charge in [0.25, 0.3) is 0 Å². The number of aryl methyl sites for hydroxylation is 2. The molecular weight excluding hydrogens is 488 g/mol. The summed E-state index contributed by atoms with van der Waals surface area (Å²) in [6.45, 7) is 0. The molecule has 4 aromatic rings. The molecule has 37 heavy (non-hydrogen) atoms. The SMILES string of the molecule is COc1ccccc1CC(=O)Nc1nnc(CCCCc2ccc(NC(=O)Cc3ccccc3)nn2)s1. The van der Waals surface area contributed by atoms with Crippen molar-refractivity contribution in [3.05, 3.63) is 88.6 Å². The quantitative estimate of drug-likeness (QED) is 0.270. The standard InChI is InChI=1S/C27H28N6O3S/c1-36-22-13-7-5-11-20(22)18-25(35)29-27-33-32-26(37-27)14-8-6-12-21-15-16-23(31-30-21)28-24(34)17-19-9-3-2-4-10-19/h2-5,7,9-11,13,15-16H,6,8,12,14,17-18H2,1H3,(H,28,31,34)(H,29,33,35). The number of amides is 2. The maximum atomic E-state index is 12.4. The Morgan fingerprint density at radius 1 is 0.784 bits per heavy atom. The lowest BCUT2D eigenvalue weighted by atomic mass is 10.1. The first-order chi connectivity index (χ1) is 18.1. The van der Waals surface area contributed by atoms with E-state index in [2.05, 4.69) is 31.0 Å². The summed E-state index contributed by atoms with van der Waals surface area (Å²) >= 11 is 1.38. The molecule has 0 radical (unpaired) electrons. The summed E-state index contributed by atoms with van der Waals surface area (Å²) in [5.74, 6) is 0.840. The predicted octanol–water partition coefficient (Wildman–Crippen LogP) is 4.26. The molecule has 2 aromatic heterocycles. The number of methoxy groups -OCH3 is 1. The van der Waals surface area contributed by atoms with Gasteiger partial charge in [-0.05, 0) is 43.0 Å². The minimum absolute atomic E-state index is 0.124. The van der Waals surface area contributed by atoms with Crippen molar-refractivity contribution < 1.29 is 14.3 Å². The van der Waals surface area contributed by atoms with Gasteiger partial charge in [0, 0.05) is 12.0 Å². The van der Waals surface area contributed by atoms with Gasteiger partial charge in [0.05, 0.1) is 25.6 Å². The molecule has 4 rings (SSSR count). The van der Waals surface area contributed by atoms with E-state index in [0.29, 0.717) is 23.1 Å². The minimum Gasteiger partial charge on any atom is -0.496 e. The molecule has 0 saturated heterocycles. The van der Waals surface area contributed by atoms with Gasteiger partial charge in [0.1, 0.15) is 10.8 Å². The number of aromatic nitrogens is 4.